The number of aliphatic hydroxyl groups is 1. The van der Waals surface area contributed by atoms with Gasteiger partial charge in [0.25, 0.3) is 0 Å². The number of anilines is 1. The van der Waals surface area contributed by atoms with E-state index < -0.39 is 0 Å². The number of ketones is 1. The van der Waals surface area contributed by atoms with Gasteiger partial charge in [-0.15, -0.1) is 0 Å². The lowest BCUT2D eigenvalue weighted by molar-refractivity contribution is -0.115. The van der Waals surface area contributed by atoms with Crippen LogP contribution in [0.1, 0.15) is 21.5 Å². The number of aliphatic hydroxyl groups excluding tert-OH is 1. The summed E-state index contributed by atoms with van der Waals surface area (Å²) in [5, 5.41) is 14.2. The summed E-state index contributed by atoms with van der Waals surface area (Å²) in [6.07, 6.45) is 0. The van der Waals surface area contributed by atoms with Gasteiger partial charge >= 0.3 is 0 Å². The number of aryl methyl sites for hydroxylation is 1. The van der Waals surface area contributed by atoms with Gasteiger partial charge in [0.1, 0.15) is 0 Å². The topological polar surface area (TPSA) is 78.4 Å². The molecular formula is C18H20N2O3. The summed E-state index contributed by atoms with van der Waals surface area (Å²) >= 11 is 0. The molecule has 0 spiro atoms. The molecule has 2 aromatic rings. The number of hydrogen-bond donors (Lipinski definition) is 3. The van der Waals surface area contributed by atoms with Crippen LogP contribution in [0.25, 0.3) is 0 Å². The molecule has 0 fully saturated rings. The van der Waals surface area contributed by atoms with E-state index in [1.54, 1.807) is 36.4 Å². The van der Waals surface area contributed by atoms with E-state index in [1.807, 2.05) is 19.1 Å². The number of nitrogens with one attached hydrogen (secondary N) is 2. The van der Waals surface area contributed by atoms with Gasteiger partial charge in [-0.2, -0.15) is 0 Å². The van der Waals surface area contributed by atoms with Gasteiger partial charge in [0.05, 0.1) is 18.8 Å². The molecule has 0 saturated heterocycles. The number of carbonyl (C=O) groups is 2. The number of amides is 1. The first-order valence-electron chi connectivity index (χ1n) is 7.43. The molecule has 2 aromatic carbocycles. The van der Waals surface area contributed by atoms with E-state index in [9.17, 15) is 9.59 Å². The minimum atomic E-state index is -0.260. The Balaban J connectivity index is 2.21. The van der Waals surface area contributed by atoms with Crippen molar-refractivity contribution in [2.24, 2.45) is 0 Å². The maximum atomic E-state index is 12.7. The molecule has 0 aromatic heterocycles. The molecule has 120 valence electrons. The lowest BCUT2D eigenvalue weighted by Gasteiger charge is -2.12. The van der Waals surface area contributed by atoms with Crippen LogP contribution < -0.4 is 10.6 Å². The second-order valence-electron chi connectivity index (χ2n) is 5.19. The van der Waals surface area contributed by atoms with Crippen LogP contribution >= 0.6 is 0 Å². The summed E-state index contributed by atoms with van der Waals surface area (Å²) in [5.41, 5.74) is 2.47. The van der Waals surface area contributed by atoms with Gasteiger partial charge in [-0.25, -0.2) is 0 Å². The van der Waals surface area contributed by atoms with E-state index in [0.29, 0.717) is 23.4 Å². The van der Waals surface area contributed by atoms with Gasteiger partial charge in [0.15, 0.2) is 5.78 Å². The number of benzene rings is 2. The van der Waals surface area contributed by atoms with Crippen LogP contribution in [0.15, 0.2) is 48.5 Å². The summed E-state index contributed by atoms with van der Waals surface area (Å²) in [7, 11) is 0. The predicted octanol–water partition coefficient (Wildman–Crippen LogP) is 1.75. The monoisotopic (exact) mass is 312 g/mol. The van der Waals surface area contributed by atoms with Crippen molar-refractivity contribution >= 4 is 17.4 Å². The lowest BCUT2D eigenvalue weighted by atomic mass is 9.99. The average Bonchev–Trinajstić information content (AvgIpc) is 2.57. The summed E-state index contributed by atoms with van der Waals surface area (Å²) in [4.78, 5) is 24.6. The van der Waals surface area contributed by atoms with Gasteiger partial charge in [-0.1, -0.05) is 42.0 Å². The van der Waals surface area contributed by atoms with E-state index in [-0.39, 0.29) is 24.8 Å². The molecule has 0 atom stereocenters. The van der Waals surface area contributed by atoms with Crippen LogP contribution in [0.3, 0.4) is 0 Å². The maximum absolute atomic E-state index is 12.7. The SMILES string of the molecule is Cc1ccc(NC(=O)CNCCO)c(C(=O)c2ccccc2)c1. The van der Waals surface area contributed by atoms with E-state index in [1.165, 1.54) is 0 Å². The third kappa shape index (κ3) is 4.74. The molecule has 0 aliphatic rings. The number of rotatable bonds is 7. The first kappa shape index (κ1) is 16.9. The molecule has 23 heavy (non-hydrogen) atoms. The Morgan fingerprint density at radius 1 is 1.09 bits per heavy atom. The minimum Gasteiger partial charge on any atom is -0.395 e. The van der Waals surface area contributed by atoms with Crippen molar-refractivity contribution in [3.05, 3.63) is 65.2 Å². The van der Waals surface area contributed by atoms with Crippen LogP contribution in [-0.2, 0) is 4.79 Å². The molecule has 0 aliphatic heterocycles. The highest BCUT2D eigenvalue weighted by atomic mass is 16.3. The first-order chi connectivity index (χ1) is 11.1. The highest BCUT2D eigenvalue weighted by Crippen LogP contribution is 2.21. The summed E-state index contributed by atoms with van der Waals surface area (Å²) in [6.45, 7) is 2.29. The second-order valence-corrected chi connectivity index (χ2v) is 5.19. The fourth-order valence-electron chi connectivity index (χ4n) is 2.18. The Bertz CT molecular complexity index is 684. The summed E-state index contributed by atoms with van der Waals surface area (Å²) < 4.78 is 0. The molecular weight excluding hydrogens is 292 g/mol. The maximum Gasteiger partial charge on any atom is 0.238 e. The highest BCUT2D eigenvalue weighted by molar-refractivity contribution is 6.14. The normalized spacial score (nSPS) is 10.3. The molecule has 0 radical (unpaired) electrons. The minimum absolute atomic E-state index is 0.0322. The van der Waals surface area contributed by atoms with Crippen molar-refractivity contribution in [2.75, 3.05) is 25.0 Å². The molecule has 0 aliphatic carbocycles. The Hall–Kier alpha value is -2.50. The first-order valence-corrected chi connectivity index (χ1v) is 7.43. The van der Waals surface area contributed by atoms with Crippen LogP contribution in [0, 0.1) is 6.92 Å². The third-order valence-corrected chi connectivity index (χ3v) is 3.30. The van der Waals surface area contributed by atoms with E-state index >= 15 is 0 Å². The summed E-state index contributed by atoms with van der Waals surface area (Å²) in [6, 6.07) is 14.3. The average molecular weight is 312 g/mol. The lowest BCUT2D eigenvalue weighted by Crippen LogP contribution is -2.30. The standard InChI is InChI=1S/C18H20N2O3/c1-13-7-8-16(20-17(22)12-19-9-10-21)15(11-13)18(23)14-5-3-2-4-6-14/h2-8,11,19,21H,9-10,12H2,1H3,(H,20,22). The molecule has 0 heterocycles. The van der Waals surface area contributed by atoms with E-state index in [2.05, 4.69) is 10.6 Å². The van der Waals surface area contributed by atoms with Crippen LogP contribution in [0.5, 0.6) is 0 Å². The fourth-order valence-corrected chi connectivity index (χ4v) is 2.18. The van der Waals surface area contributed by atoms with Gasteiger partial charge in [-0.05, 0) is 19.1 Å². The molecule has 0 bridgehead atoms. The zero-order valence-corrected chi connectivity index (χ0v) is 13.0. The molecule has 3 N–H and O–H groups in total. The Kier molecular flexibility index (Phi) is 6.02. The number of hydrogen-bond acceptors (Lipinski definition) is 4. The van der Waals surface area contributed by atoms with Crippen molar-refractivity contribution in [3.8, 4) is 0 Å². The molecule has 2 rings (SSSR count). The van der Waals surface area contributed by atoms with Gasteiger partial charge in [-0.3, -0.25) is 9.59 Å². The van der Waals surface area contributed by atoms with Gasteiger partial charge in [0.2, 0.25) is 5.91 Å². The van der Waals surface area contributed by atoms with Crippen molar-refractivity contribution in [2.45, 2.75) is 6.92 Å². The predicted molar refractivity (Wildman–Crippen MR) is 89.6 cm³/mol. The van der Waals surface area contributed by atoms with Crippen molar-refractivity contribution in [1.82, 2.24) is 5.32 Å². The highest BCUT2D eigenvalue weighted by Gasteiger charge is 2.15. The zero-order chi connectivity index (χ0) is 16.7. The molecule has 0 unspecified atom stereocenters. The molecule has 5 nitrogen and oxygen atoms in total. The van der Waals surface area contributed by atoms with Crippen molar-refractivity contribution in [1.29, 1.82) is 0 Å². The van der Waals surface area contributed by atoms with E-state index in [0.717, 1.165) is 5.56 Å². The summed E-state index contributed by atoms with van der Waals surface area (Å²) in [5.74, 6) is -0.391. The number of carbonyl (C=O) groups excluding carboxylic acids is 2. The smallest absolute Gasteiger partial charge is 0.238 e. The van der Waals surface area contributed by atoms with Crippen LogP contribution in [0.4, 0.5) is 5.69 Å². The quantitative estimate of drug-likeness (QED) is 0.537. The molecule has 0 saturated carbocycles. The second kappa shape index (κ2) is 8.22. The van der Waals surface area contributed by atoms with Crippen molar-refractivity contribution < 1.29 is 14.7 Å². The van der Waals surface area contributed by atoms with Crippen molar-refractivity contribution in [3.63, 3.8) is 0 Å². The Labute approximate surface area is 135 Å². The molecule has 1 amide bonds. The fraction of sp³-hybridized carbons (Fsp3) is 0.222. The Morgan fingerprint density at radius 2 is 1.83 bits per heavy atom. The Morgan fingerprint density at radius 3 is 2.52 bits per heavy atom. The van der Waals surface area contributed by atoms with Crippen LogP contribution in [-0.4, -0.2) is 36.5 Å². The van der Waals surface area contributed by atoms with Gasteiger partial charge < -0.3 is 15.7 Å². The third-order valence-electron chi connectivity index (χ3n) is 3.30. The van der Waals surface area contributed by atoms with Crippen LogP contribution in [0.2, 0.25) is 0 Å². The molecule has 5 heteroatoms. The van der Waals surface area contributed by atoms with Gasteiger partial charge in [0, 0.05) is 17.7 Å². The zero-order valence-electron chi connectivity index (χ0n) is 13.0. The van der Waals surface area contributed by atoms with E-state index in [4.69, 9.17) is 5.11 Å². The largest absolute Gasteiger partial charge is 0.395 e.